The summed E-state index contributed by atoms with van der Waals surface area (Å²) in [6.07, 6.45) is 0. The van der Waals surface area contributed by atoms with E-state index >= 15 is 0 Å². The predicted octanol–water partition coefficient (Wildman–Crippen LogP) is 3.44. The number of hydrogen-bond donors (Lipinski definition) is 2. The van der Waals surface area contributed by atoms with Gasteiger partial charge < -0.3 is 0 Å². The first-order valence-electron chi connectivity index (χ1n) is 6.44. The maximum atomic E-state index is 14.1. The van der Waals surface area contributed by atoms with Crippen molar-refractivity contribution >= 4 is 0 Å². The van der Waals surface area contributed by atoms with Gasteiger partial charge in [0.15, 0.2) is 11.6 Å². The van der Waals surface area contributed by atoms with Crippen LogP contribution in [-0.4, -0.2) is 0 Å². The van der Waals surface area contributed by atoms with Crippen LogP contribution in [0.1, 0.15) is 33.9 Å². The van der Waals surface area contributed by atoms with Crippen molar-refractivity contribution in [2.45, 2.75) is 26.8 Å². The highest BCUT2D eigenvalue weighted by molar-refractivity contribution is 5.41. The summed E-state index contributed by atoms with van der Waals surface area (Å²) < 4.78 is 27.9. The highest BCUT2D eigenvalue weighted by Crippen LogP contribution is 2.29. The summed E-state index contributed by atoms with van der Waals surface area (Å²) in [5.74, 6) is 3.89. The van der Waals surface area contributed by atoms with Gasteiger partial charge in [0, 0.05) is 5.56 Å². The number of hydrogen-bond acceptors (Lipinski definition) is 2. The van der Waals surface area contributed by atoms with Crippen molar-refractivity contribution in [2.24, 2.45) is 5.84 Å². The number of benzene rings is 2. The Hall–Kier alpha value is -1.78. The molecule has 3 N–H and O–H groups in total. The lowest BCUT2D eigenvalue weighted by atomic mass is 9.92. The standard InChI is InChI=1S/C16H18F2N2/c1-9-5-4-6-12(11(9)3)16(20-19)13-8-7-10(2)14(17)15(13)18/h4-8,16,20H,19H2,1-3H3. The van der Waals surface area contributed by atoms with Gasteiger partial charge in [0.05, 0.1) is 6.04 Å². The van der Waals surface area contributed by atoms with Crippen molar-refractivity contribution < 1.29 is 8.78 Å². The second-order valence-electron chi connectivity index (χ2n) is 4.99. The van der Waals surface area contributed by atoms with Gasteiger partial charge >= 0.3 is 0 Å². The van der Waals surface area contributed by atoms with Gasteiger partial charge in [-0.3, -0.25) is 5.84 Å². The summed E-state index contributed by atoms with van der Waals surface area (Å²) in [6, 6.07) is 8.26. The van der Waals surface area contributed by atoms with Crippen molar-refractivity contribution in [1.82, 2.24) is 5.43 Å². The zero-order chi connectivity index (χ0) is 14.9. The lowest BCUT2D eigenvalue weighted by Gasteiger charge is -2.21. The van der Waals surface area contributed by atoms with Crippen LogP contribution >= 0.6 is 0 Å². The molecule has 0 heterocycles. The number of hydrazine groups is 1. The van der Waals surface area contributed by atoms with Gasteiger partial charge in [-0.25, -0.2) is 14.2 Å². The third-order valence-corrected chi connectivity index (χ3v) is 3.74. The first-order chi connectivity index (χ1) is 9.47. The molecule has 0 aliphatic rings. The number of nitrogens with one attached hydrogen (secondary N) is 1. The van der Waals surface area contributed by atoms with Crippen LogP contribution in [-0.2, 0) is 0 Å². The first kappa shape index (κ1) is 14.6. The summed E-state index contributed by atoms with van der Waals surface area (Å²) in [4.78, 5) is 0. The van der Waals surface area contributed by atoms with E-state index in [1.807, 2.05) is 32.0 Å². The Bertz CT molecular complexity index is 639. The van der Waals surface area contributed by atoms with E-state index in [9.17, 15) is 8.78 Å². The largest absolute Gasteiger partial charge is 0.271 e. The summed E-state index contributed by atoms with van der Waals surface area (Å²) in [6.45, 7) is 5.45. The molecule has 0 aliphatic heterocycles. The van der Waals surface area contributed by atoms with Gasteiger partial charge in [0.1, 0.15) is 0 Å². The van der Waals surface area contributed by atoms with Crippen LogP contribution in [0.5, 0.6) is 0 Å². The lowest BCUT2D eigenvalue weighted by molar-refractivity contribution is 0.478. The maximum absolute atomic E-state index is 14.1. The van der Waals surface area contributed by atoms with Crippen LogP contribution in [0.4, 0.5) is 8.78 Å². The van der Waals surface area contributed by atoms with Gasteiger partial charge in [-0.1, -0.05) is 30.3 Å². The predicted molar refractivity (Wildman–Crippen MR) is 76.2 cm³/mol. The van der Waals surface area contributed by atoms with E-state index < -0.39 is 17.7 Å². The Labute approximate surface area is 117 Å². The van der Waals surface area contributed by atoms with Crippen molar-refractivity contribution in [3.63, 3.8) is 0 Å². The zero-order valence-electron chi connectivity index (χ0n) is 11.8. The van der Waals surface area contributed by atoms with Crippen molar-refractivity contribution in [3.8, 4) is 0 Å². The number of rotatable bonds is 3. The smallest absolute Gasteiger partial charge is 0.164 e. The van der Waals surface area contributed by atoms with Gasteiger partial charge in [-0.05, 0) is 43.0 Å². The molecular formula is C16H18F2N2. The van der Waals surface area contributed by atoms with Gasteiger partial charge in [0.25, 0.3) is 0 Å². The molecule has 4 heteroatoms. The van der Waals surface area contributed by atoms with E-state index in [1.165, 1.54) is 6.92 Å². The summed E-state index contributed by atoms with van der Waals surface area (Å²) in [7, 11) is 0. The molecule has 2 rings (SSSR count). The Morgan fingerprint density at radius 2 is 1.60 bits per heavy atom. The molecule has 1 unspecified atom stereocenters. The van der Waals surface area contributed by atoms with E-state index in [-0.39, 0.29) is 11.1 Å². The van der Waals surface area contributed by atoms with Crippen molar-refractivity contribution in [3.05, 3.63) is 69.8 Å². The second-order valence-corrected chi connectivity index (χ2v) is 4.99. The van der Waals surface area contributed by atoms with E-state index in [0.29, 0.717) is 0 Å². The normalized spacial score (nSPS) is 12.5. The highest BCUT2D eigenvalue weighted by Gasteiger charge is 2.21. The quantitative estimate of drug-likeness (QED) is 0.665. The molecule has 106 valence electrons. The fourth-order valence-corrected chi connectivity index (χ4v) is 2.32. The Kier molecular flexibility index (Phi) is 4.16. The molecule has 0 radical (unpaired) electrons. The van der Waals surface area contributed by atoms with E-state index in [1.54, 1.807) is 12.1 Å². The molecule has 0 bridgehead atoms. The summed E-state index contributed by atoms with van der Waals surface area (Å²) >= 11 is 0. The monoisotopic (exact) mass is 276 g/mol. The van der Waals surface area contributed by atoms with Crippen LogP contribution in [0.25, 0.3) is 0 Å². The fourth-order valence-electron chi connectivity index (χ4n) is 2.32. The van der Waals surface area contributed by atoms with Crippen LogP contribution in [0.15, 0.2) is 30.3 Å². The third kappa shape index (κ3) is 2.44. The van der Waals surface area contributed by atoms with Gasteiger partial charge in [-0.15, -0.1) is 0 Å². The summed E-state index contributed by atoms with van der Waals surface area (Å²) in [5.41, 5.74) is 6.01. The Morgan fingerprint density at radius 3 is 2.25 bits per heavy atom. The molecule has 0 saturated heterocycles. The molecule has 2 aromatic rings. The zero-order valence-corrected chi connectivity index (χ0v) is 11.8. The third-order valence-electron chi connectivity index (χ3n) is 3.74. The average molecular weight is 276 g/mol. The molecule has 1 atom stereocenters. The molecule has 0 fully saturated rings. The molecule has 2 nitrogen and oxygen atoms in total. The maximum Gasteiger partial charge on any atom is 0.164 e. The van der Waals surface area contributed by atoms with Crippen LogP contribution < -0.4 is 11.3 Å². The minimum atomic E-state index is -0.853. The van der Waals surface area contributed by atoms with E-state index in [0.717, 1.165) is 16.7 Å². The minimum Gasteiger partial charge on any atom is -0.271 e. The van der Waals surface area contributed by atoms with Crippen molar-refractivity contribution in [1.29, 1.82) is 0 Å². The van der Waals surface area contributed by atoms with E-state index in [2.05, 4.69) is 5.43 Å². The van der Waals surface area contributed by atoms with Crippen molar-refractivity contribution in [2.75, 3.05) is 0 Å². The van der Waals surface area contributed by atoms with E-state index in [4.69, 9.17) is 5.84 Å². The Balaban J connectivity index is 2.59. The number of aryl methyl sites for hydroxylation is 2. The SMILES string of the molecule is Cc1cccc(C(NN)c2ccc(C)c(F)c2F)c1C. The van der Waals surface area contributed by atoms with Crippen LogP contribution in [0.3, 0.4) is 0 Å². The molecular weight excluding hydrogens is 258 g/mol. The van der Waals surface area contributed by atoms with Gasteiger partial charge in [0.2, 0.25) is 0 Å². The van der Waals surface area contributed by atoms with Crippen LogP contribution in [0, 0.1) is 32.4 Å². The molecule has 0 spiro atoms. The molecule has 0 aromatic heterocycles. The highest BCUT2D eigenvalue weighted by atomic mass is 19.2. The topological polar surface area (TPSA) is 38.0 Å². The fraction of sp³-hybridized carbons (Fsp3) is 0.250. The molecule has 2 aromatic carbocycles. The van der Waals surface area contributed by atoms with Crippen LogP contribution in [0.2, 0.25) is 0 Å². The average Bonchev–Trinajstić information content (AvgIpc) is 2.44. The summed E-state index contributed by atoms with van der Waals surface area (Å²) in [5, 5.41) is 0. The second kappa shape index (κ2) is 5.69. The lowest BCUT2D eigenvalue weighted by Crippen LogP contribution is -2.30. The number of halogens is 2. The molecule has 0 saturated carbocycles. The number of nitrogens with two attached hydrogens (primary N) is 1. The minimum absolute atomic E-state index is 0.212. The van der Waals surface area contributed by atoms with Gasteiger partial charge in [-0.2, -0.15) is 0 Å². The first-order valence-corrected chi connectivity index (χ1v) is 6.44. The molecule has 0 amide bonds. The molecule has 0 aliphatic carbocycles. The Morgan fingerprint density at radius 1 is 0.900 bits per heavy atom. The molecule has 20 heavy (non-hydrogen) atoms.